The summed E-state index contributed by atoms with van der Waals surface area (Å²) >= 11 is 0. The van der Waals surface area contributed by atoms with Crippen molar-refractivity contribution in [2.45, 2.75) is 32.1 Å². The number of piperidine rings is 1. The Balaban J connectivity index is 1.74. The van der Waals surface area contributed by atoms with E-state index in [9.17, 15) is 0 Å². The van der Waals surface area contributed by atoms with Crippen LogP contribution in [-0.4, -0.2) is 36.1 Å². The summed E-state index contributed by atoms with van der Waals surface area (Å²) in [6.45, 7) is 6.10. The fraction of sp³-hybridized carbons (Fsp3) is 0.562. The second kappa shape index (κ2) is 5.94. The Bertz CT molecular complexity index is 570. The third-order valence-corrected chi connectivity index (χ3v) is 4.26. The maximum atomic E-state index is 5.95. The van der Waals surface area contributed by atoms with Gasteiger partial charge in [0.05, 0.1) is 0 Å². The van der Waals surface area contributed by atoms with Crippen molar-refractivity contribution in [3.8, 4) is 0 Å². The van der Waals surface area contributed by atoms with E-state index < -0.39 is 0 Å². The molecule has 1 fully saturated rings. The fourth-order valence-electron chi connectivity index (χ4n) is 2.97. The largest absolute Gasteiger partial charge is 0.440 e. The van der Waals surface area contributed by atoms with Gasteiger partial charge in [-0.2, -0.15) is 0 Å². The molecule has 1 saturated heterocycles. The van der Waals surface area contributed by atoms with E-state index in [1.54, 1.807) is 0 Å². The molecule has 20 heavy (non-hydrogen) atoms. The summed E-state index contributed by atoms with van der Waals surface area (Å²) in [5.41, 5.74) is 8.85. The number of aromatic nitrogens is 1. The quantitative estimate of drug-likeness (QED) is 0.930. The smallest absolute Gasteiger partial charge is 0.198 e. The molecule has 0 aliphatic carbocycles. The van der Waals surface area contributed by atoms with Gasteiger partial charge in [-0.25, -0.2) is 4.98 Å². The molecule has 1 aliphatic heterocycles. The van der Waals surface area contributed by atoms with Gasteiger partial charge in [0.2, 0.25) is 0 Å². The van der Waals surface area contributed by atoms with E-state index in [1.807, 2.05) is 6.07 Å². The van der Waals surface area contributed by atoms with Crippen LogP contribution in [0.2, 0.25) is 0 Å². The van der Waals surface area contributed by atoms with Crippen molar-refractivity contribution in [3.05, 3.63) is 29.7 Å². The summed E-state index contributed by atoms with van der Waals surface area (Å²) in [5.74, 6) is 1.38. The molecule has 108 valence electrons. The van der Waals surface area contributed by atoms with E-state index in [4.69, 9.17) is 15.1 Å². The molecule has 3 rings (SSSR count). The van der Waals surface area contributed by atoms with E-state index in [0.717, 1.165) is 62.4 Å². The lowest BCUT2D eigenvalue weighted by atomic mass is 9.97. The van der Waals surface area contributed by atoms with Crippen molar-refractivity contribution < 1.29 is 4.42 Å². The zero-order chi connectivity index (χ0) is 13.9. The first-order valence-electron chi connectivity index (χ1n) is 7.62. The third kappa shape index (κ3) is 2.72. The molecule has 0 atom stereocenters. The molecule has 2 N–H and O–H groups in total. The molecular formula is C16H23N3O. The van der Waals surface area contributed by atoms with Crippen molar-refractivity contribution in [1.29, 1.82) is 0 Å². The Hall–Kier alpha value is -1.39. The first kappa shape index (κ1) is 13.6. The predicted octanol–water partition coefficient (Wildman–Crippen LogP) is 2.53. The molecule has 0 saturated carbocycles. The van der Waals surface area contributed by atoms with Crippen molar-refractivity contribution in [2.24, 2.45) is 5.73 Å². The standard InChI is InChI=1S/C16H23N3O/c1-2-12-3-4-15-14(11-12)18-16(20-15)13-5-8-19(9-6-13)10-7-17/h3-4,11,13H,2,5-10,17H2,1H3. The highest BCUT2D eigenvalue weighted by Gasteiger charge is 2.24. The minimum absolute atomic E-state index is 0.460. The third-order valence-electron chi connectivity index (χ3n) is 4.26. The Morgan fingerprint density at radius 1 is 1.35 bits per heavy atom. The number of nitrogens with two attached hydrogens (primary N) is 1. The summed E-state index contributed by atoms with van der Waals surface area (Å²) in [6, 6.07) is 6.32. The topological polar surface area (TPSA) is 55.3 Å². The molecule has 4 nitrogen and oxygen atoms in total. The molecule has 0 amide bonds. The average molecular weight is 273 g/mol. The lowest BCUT2D eigenvalue weighted by molar-refractivity contribution is 0.206. The number of hydrogen-bond acceptors (Lipinski definition) is 4. The maximum Gasteiger partial charge on any atom is 0.198 e. The van der Waals surface area contributed by atoms with Crippen molar-refractivity contribution in [3.63, 3.8) is 0 Å². The average Bonchev–Trinajstić information content (AvgIpc) is 2.91. The normalized spacial score (nSPS) is 17.9. The van der Waals surface area contributed by atoms with Gasteiger partial charge in [0.1, 0.15) is 5.52 Å². The van der Waals surface area contributed by atoms with E-state index in [1.165, 1.54) is 5.56 Å². The highest BCUT2D eigenvalue weighted by atomic mass is 16.3. The number of aryl methyl sites for hydroxylation is 1. The van der Waals surface area contributed by atoms with Crippen LogP contribution in [0.1, 0.15) is 37.1 Å². The van der Waals surface area contributed by atoms with E-state index >= 15 is 0 Å². The highest BCUT2D eigenvalue weighted by molar-refractivity contribution is 5.73. The second-order valence-corrected chi connectivity index (χ2v) is 5.61. The van der Waals surface area contributed by atoms with Crippen LogP contribution < -0.4 is 5.73 Å². The van der Waals surface area contributed by atoms with Crippen molar-refractivity contribution in [1.82, 2.24) is 9.88 Å². The molecule has 0 radical (unpaired) electrons. The molecular weight excluding hydrogens is 250 g/mol. The number of likely N-dealkylation sites (tertiary alicyclic amines) is 1. The molecule has 1 aliphatic rings. The number of fused-ring (bicyclic) bond motifs is 1. The zero-order valence-corrected chi connectivity index (χ0v) is 12.1. The summed E-state index contributed by atoms with van der Waals surface area (Å²) < 4.78 is 5.95. The van der Waals surface area contributed by atoms with Crippen LogP contribution in [0.5, 0.6) is 0 Å². The number of oxazole rings is 1. The van der Waals surface area contributed by atoms with Crippen LogP contribution in [0.4, 0.5) is 0 Å². The minimum atomic E-state index is 0.460. The highest BCUT2D eigenvalue weighted by Crippen LogP contribution is 2.30. The molecule has 2 aromatic rings. The SMILES string of the molecule is CCc1ccc2oc(C3CCN(CCN)CC3)nc2c1. The Kier molecular flexibility index (Phi) is 4.03. The first-order chi connectivity index (χ1) is 9.80. The number of nitrogens with zero attached hydrogens (tertiary/aromatic N) is 2. The Morgan fingerprint density at radius 2 is 2.15 bits per heavy atom. The lowest BCUT2D eigenvalue weighted by Crippen LogP contribution is -2.36. The van der Waals surface area contributed by atoms with Crippen molar-refractivity contribution in [2.75, 3.05) is 26.2 Å². The molecule has 1 aromatic heterocycles. The number of rotatable bonds is 4. The van der Waals surface area contributed by atoms with E-state index in [2.05, 4.69) is 24.0 Å². The summed E-state index contributed by atoms with van der Waals surface area (Å²) in [6.07, 6.45) is 3.27. The molecule has 0 bridgehead atoms. The van der Waals surface area contributed by atoms with Gasteiger partial charge < -0.3 is 15.1 Å². The fourth-order valence-corrected chi connectivity index (χ4v) is 2.97. The van der Waals surface area contributed by atoms with Gasteiger partial charge in [-0.15, -0.1) is 0 Å². The van der Waals surface area contributed by atoms with Gasteiger partial charge in [0.15, 0.2) is 11.5 Å². The molecule has 0 spiro atoms. The summed E-state index contributed by atoms with van der Waals surface area (Å²) in [4.78, 5) is 7.13. The first-order valence-corrected chi connectivity index (χ1v) is 7.62. The zero-order valence-electron chi connectivity index (χ0n) is 12.1. The van der Waals surface area contributed by atoms with Gasteiger partial charge in [-0.3, -0.25) is 0 Å². The molecule has 0 unspecified atom stereocenters. The molecule has 2 heterocycles. The van der Waals surface area contributed by atoms with Crippen LogP contribution >= 0.6 is 0 Å². The minimum Gasteiger partial charge on any atom is -0.440 e. The number of hydrogen-bond donors (Lipinski definition) is 1. The van der Waals surface area contributed by atoms with Gasteiger partial charge in [0.25, 0.3) is 0 Å². The number of benzene rings is 1. The summed E-state index contributed by atoms with van der Waals surface area (Å²) in [5, 5.41) is 0. The van der Waals surface area contributed by atoms with Gasteiger partial charge in [-0.05, 0) is 50.0 Å². The van der Waals surface area contributed by atoms with Crippen LogP contribution in [0.3, 0.4) is 0 Å². The van der Waals surface area contributed by atoms with Crippen molar-refractivity contribution >= 4 is 11.1 Å². The van der Waals surface area contributed by atoms with Crippen LogP contribution in [0, 0.1) is 0 Å². The maximum absolute atomic E-state index is 5.95. The van der Waals surface area contributed by atoms with Gasteiger partial charge in [-0.1, -0.05) is 13.0 Å². The van der Waals surface area contributed by atoms with Gasteiger partial charge >= 0.3 is 0 Å². The van der Waals surface area contributed by atoms with E-state index in [-0.39, 0.29) is 0 Å². The molecule has 1 aromatic carbocycles. The van der Waals surface area contributed by atoms with Crippen LogP contribution in [-0.2, 0) is 6.42 Å². The van der Waals surface area contributed by atoms with Crippen LogP contribution in [0.25, 0.3) is 11.1 Å². The lowest BCUT2D eigenvalue weighted by Gasteiger charge is -2.29. The Labute approximate surface area is 120 Å². The van der Waals surface area contributed by atoms with Crippen LogP contribution in [0.15, 0.2) is 22.6 Å². The summed E-state index contributed by atoms with van der Waals surface area (Å²) in [7, 11) is 0. The van der Waals surface area contributed by atoms with E-state index in [0.29, 0.717) is 5.92 Å². The monoisotopic (exact) mass is 273 g/mol. The molecule has 4 heteroatoms. The second-order valence-electron chi connectivity index (χ2n) is 5.61. The Morgan fingerprint density at radius 3 is 2.85 bits per heavy atom. The van der Waals surface area contributed by atoms with Gasteiger partial charge in [0, 0.05) is 19.0 Å². The predicted molar refractivity (Wildman–Crippen MR) is 80.9 cm³/mol.